The van der Waals surface area contributed by atoms with Crippen molar-refractivity contribution in [3.05, 3.63) is 35.4 Å². The third-order valence-electron chi connectivity index (χ3n) is 5.60. The monoisotopic (exact) mass is 364 g/mol. The van der Waals surface area contributed by atoms with E-state index in [2.05, 4.69) is 10.2 Å². The van der Waals surface area contributed by atoms with E-state index in [1.807, 2.05) is 6.92 Å². The summed E-state index contributed by atoms with van der Waals surface area (Å²) < 4.78 is 27.0. The van der Waals surface area contributed by atoms with Gasteiger partial charge in [0.25, 0.3) is 0 Å². The number of carbonyl (C=O) groups excluding carboxylic acids is 1. The van der Waals surface area contributed by atoms with Crippen molar-refractivity contribution in [2.24, 2.45) is 11.7 Å². The van der Waals surface area contributed by atoms with Crippen LogP contribution in [0.4, 0.5) is 8.78 Å². The molecule has 3 unspecified atom stereocenters. The number of carbonyl (C=O) groups is 1. The normalized spacial score (nSPS) is 24.1. The number of piperidine rings is 1. The first-order valence-corrected chi connectivity index (χ1v) is 9.12. The fraction of sp³-hybridized carbons (Fsp3) is 0.579. The summed E-state index contributed by atoms with van der Waals surface area (Å²) in [6.07, 6.45) is 4.89. The molecule has 1 spiro atoms. The highest BCUT2D eigenvalue weighted by atomic mass is 19.1. The highest BCUT2D eigenvalue weighted by Crippen LogP contribution is 2.50. The van der Waals surface area contributed by atoms with Crippen LogP contribution in [0, 0.1) is 23.0 Å². The lowest BCUT2D eigenvalue weighted by Gasteiger charge is -2.42. The second kappa shape index (κ2) is 7.40. The van der Waals surface area contributed by atoms with Crippen LogP contribution in [0.25, 0.3) is 0 Å². The molecule has 2 aliphatic rings. The first-order valence-electron chi connectivity index (χ1n) is 9.12. The molecule has 3 atom stereocenters. The van der Waals surface area contributed by atoms with Gasteiger partial charge in [-0.2, -0.15) is 0 Å². The van der Waals surface area contributed by atoms with Gasteiger partial charge in [0.05, 0.1) is 12.2 Å². The third kappa shape index (κ3) is 3.94. The molecule has 1 aromatic carbocycles. The summed E-state index contributed by atoms with van der Waals surface area (Å²) in [4.78, 5) is 15.1. The van der Waals surface area contributed by atoms with Crippen molar-refractivity contribution < 1.29 is 13.6 Å². The van der Waals surface area contributed by atoms with Crippen LogP contribution in [-0.4, -0.2) is 35.3 Å². The van der Waals surface area contributed by atoms with Crippen molar-refractivity contribution in [2.45, 2.75) is 56.8 Å². The largest absolute Gasteiger partial charge is 0.349 e. The molecule has 1 heterocycles. The van der Waals surface area contributed by atoms with E-state index in [9.17, 15) is 13.6 Å². The molecule has 142 valence electrons. The van der Waals surface area contributed by atoms with Crippen LogP contribution in [0.15, 0.2) is 18.2 Å². The van der Waals surface area contributed by atoms with Crippen molar-refractivity contribution in [3.63, 3.8) is 0 Å². The number of benzene rings is 1. The van der Waals surface area contributed by atoms with Crippen molar-refractivity contribution in [2.75, 3.05) is 6.54 Å². The average Bonchev–Trinajstić information content (AvgIpc) is 3.32. The van der Waals surface area contributed by atoms with Crippen molar-refractivity contribution in [3.8, 4) is 0 Å². The predicted molar refractivity (Wildman–Crippen MR) is 95.7 cm³/mol. The predicted octanol–water partition coefficient (Wildman–Crippen LogP) is 2.71. The molecule has 5 nitrogen and oxygen atoms in total. The number of likely N-dealkylation sites (tertiary alicyclic amines) is 1. The molecule has 1 saturated carbocycles. The van der Waals surface area contributed by atoms with E-state index in [1.54, 1.807) is 0 Å². The van der Waals surface area contributed by atoms with Gasteiger partial charge in [0.1, 0.15) is 11.6 Å². The SMILES string of the molecule is CC(N)N1CCC(C(=O)NC(CC=N)c2cc(F)cc(F)c2)CC12CC2. The van der Waals surface area contributed by atoms with E-state index in [0.29, 0.717) is 12.0 Å². The Morgan fingerprint density at radius 2 is 2.08 bits per heavy atom. The van der Waals surface area contributed by atoms with E-state index in [1.165, 1.54) is 12.1 Å². The van der Waals surface area contributed by atoms with Gasteiger partial charge in [0.2, 0.25) is 5.91 Å². The minimum atomic E-state index is -0.689. The highest BCUT2D eigenvalue weighted by Gasteiger charge is 2.53. The topological polar surface area (TPSA) is 82.2 Å². The van der Waals surface area contributed by atoms with E-state index < -0.39 is 17.7 Å². The number of amides is 1. The second-order valence-electron chi connectivity index (χ2n) is 7.55. The lowest BCUT2D eigenvalue weighted by Crippen LogP contribution is -2.54. The van der Waals surface area contributed by atoms with Gasteiger partial charge >= 0.3 is 0 Å². The molecule has 1 aliphatic heterocycles. The second-order valence-corrected chi connectivity index (χ2v) is 7.55. The Morgan fingerprint density at radius 3 is 2.62 bits per heavy atom. The van der Waals surface area contributed by atoms with E-state index in [-0.39, 0.29) is 30.0 Å². The fourth-order valence-electron chi connectivity index (χ4n) is 4.17. The maximum Gasteiger partial charge on any atom is 0.223 e. The minimum Gasteiger partial charge on any atom is -0.349 e. The molecular weight excluding hydrogens is 338 g/mol. The van der Waals surface area contributed by atoms with E-state index in [0.717, 1.165) is 38.1 Å². The number of halogens is 2. The standard InChI is InChI=1S/C19H26F2N4O/c1-12(23)25-7-3-13(11-19(25)4-5-19)18(26)24-17(2-6-22)14-8-15(20)10-16(21)9-14/h6,8-10,12-13,17,22H,2-5,7,11,23H2,1H3,(H,24,26). The van der Waals surface area contributed by atoms with Crippen LogP contribution in [0.1, 0.15) is 50.6 Å². The smallest absolute Gasteiger partial charge is 0.223 e. The van der Waals surface area contributed by atoms with Crippen LogP contribution in [0.3, 0.4) is 0 Å². The average molecular weight is 364 g/mol. The number of nitrogens with zero attached hydrogens (tertiary/aromatic N) is 1. The quantitative estimate of drug-likeness (QED) is 0.679. The molecule has 0 bridgehead atoms. The number of hydrogen-bond acceptors (Lipinski definition) is 4. The van der Waals surface area contributed by atoms with Gasteiger partial charge < -0.3 is 16.5 Å². The van der Waals surface area contributed by atoms with E-state index >= 15 is 0 Å². The molecule has 0 radical (unpaired) electrons. The summed E-state index contributed by atoms with van der Waals surface area (Å²) in [5.74, 6) is -1.63. The molecule has 0 aromatic heterocycles. The maximum absolute atomic E-state index is 13.5. The zero-order valence-electron chi connectivity index (χ0n) is 15.0. The Hall–Kier alpha value is -1.86. The van der Waals surface area contributed by atoms with Crippen LogP contribution in [-0.2, 0) is 4.79 Å². The molecule has 3 rings (SSSR count). The zero-order chi connectivity index (χ0) is 18.9. The number of nitrogens with one attached hydrogen (secondary N) is 2. The molecule has 1 aliphatic carbocycles. The molecule has 1 saturated heterocycles. The Morgan fingerprint density at radius 1 is 1.42 bits per heavy atom. The van der Waals surface area contributed by atoms with Gasteiger partial charge in [-0.05, 0) is 56.5 Å². The summed E-state index contributed by atoms with van der Waals surface area (Å²) in [5.41, 5.74) is 6.44. The molecule has 2 fully saturated rings. The number of hydrogen-bond donors (Lipinski definition) is 3. The Kier molecular flexibility index (Phi) is 5.39. The van der Waals surface area contributed by atoms with Gasteiger partial charge in [-0.15, -0.1) is 0 Å². The molecular formula is C19H26F2N4O. The lowest BCUT2D eigenvalue weighted by molar-refractivity contribution is -0.128. The number of rotatable bonds is 6. The van der Waals surface area contributed by atoms with Crippen LogP contribution in [0.5, 0.6) is 0 Å². The molecule has 1 amide bonds. The summed E-state index contributed by atoms with van der Waals surface area (Å²) in [7, 11) is 0. The zero-order valence-corrected chi connectivity index (χ0v) is 15.0. The molecule has 4 N–H and O–H groups in total. The summed E-state index contributed by atoms with van der Waals surface area (Å²) >= 11 is 0. The number of nitrogens with two attached hydrogens (primary N) is 1. The van der Waals surface area contributed by atoms with Crippen molar-refractivity contribution >= 4 is 12.1 Å². The van der Waals surface area contributed by atoms with Gasteiger partial charge in [0, 0.05) is 30.5 Å². The molecule has 1 aromatic rings. The Labute approximate surface area is 152 Å². The van der Waals surface area contributed by atoms with Crippen molar-refractivity contribution in [1.82, 2.24) is 10.2 Å². The van der Waals surface area contributed by atoms with Gasteiger partial charge in [-0.3, -0.25) is 9.69 Å². The molecule has 26 heavy (non-hydrogen) atoms. The fourth-order valence-corrected chi connectivity index (χ4v) is 4.17. The maximum atomic E-state index is 13.5. The Bertz CT molecular complexity index is 670. The van der Waals surface area contributed by atoms with Crippen LogP contribution < -0.4 is 11.1 Å². The first-order chi connectivity index (χ1) is 12.3. The van der Waals surface area contributed by atoms with Crippen LogP contribution >= 0.6 is 0 Å². The minimum absolute atomic E-state index is 0.0255. The van der Waals surface area contributed by atoms with Gasteiger partial charge in [-0.25, -0.2) is 8.78 Å². The van der Waals surface area contributed by atoms with E-state index in [4.69, 9.17) is 11.1 Å². The molecule has 7 heteroatoms. The third-order valence-corrected chi connectivity index (χ3v) is 5.60. The van der Waals surface area contributed by atoms with Gasteiger partial charge in [0.15, 0.2) is 0 Å². The van der Waals surface area contributed by atoms with Crippen molar-refractivity contribution in [1.29, 1.82) is 5.41 Å². The highest BCUT2D eigenvalue weighted by molar-refractivity contribution is 5.80. The van der Waals surface area contributed by atoms with Gasteiger partial charge in [-0.1, -0.05) is 0 Å². The summed E-state index contributed by atoms with van der Waals surface area (Å²) in [6.45, 7) is 2.75. The Balaban J connectivity index is 1.70. The van der Waals surface area contributed by atoms with Crippen LogP contribution in [0.2, 0.25) is 0 Å². The lowest BCUT2D eigenvalue weighted by atomic mass is 9.87. The summed E-state index contributed by atoms with van der Waals surface area (Å²) in [6, 6.07) is 2.61. The first kappa shape index (κ1) is 18.9. The summed E-state index contributed by atoms with van der Waals surface area (Å²) in [5, 5.41) is 10.2.